The van der Waals surface area contributed by atoms with Crippen molar-refractivity contribution in [2.45, 2.75) is 184 Å². The summed E-state index contributed by atoms with van der Waals surface area (Å²) in [5, 5.41) is 67.5. The molecule has 15 amide bonds. The summed E-state index contributed by atoms with van der Waals surface area (Å²) in [6.07, 6.45) is 0.406. The number of carbonyl (C=O) groups is 16. The van der Waals surface area contributed by atoms with Crippen LogP contribution in [0, 0.1) is 17.2 Å². The number of carboxylic acid groups (broad SMARTS) is 1. The van der Waals surface area contributed by atoms with Gasteiger partial charge in [-0.05, 0) is 77.6 Å². The fourth-order valence-corrected chi connectivity index (χ4v) is 15.9. The highest BCUT2D eigenvalue weighted by atomic mass is 33.1. The van der Waals surface area contributed by atoms with Crippen molar-refractivity contribution >= 4 is 155 Å². The van der Waals surface area contributed by atoms with E-state index in [1.54, 1.807) is 111 Å². The fourth-order valence-electron chi connectivity index (χ4n) is 13.6. The molecule has 0 spiro atoms. The number of para-hydroxylation sites is 2. The van der Waals surface area contributed by atoms with E-state index < -0.39 is 228 Å². The second-order valence-electron chi connectivity index (χ2n) is 30.2. The highest BCUT2D eigenvalue weighted by molar-refractivity contribution is 8.76. The van der Waals surface area contributed by atoms with E-state index in [1.807, 2.05) is 0 Å². The van der Waals surface area contributed by atoms with Gasteiger partial charge in [-0.3, -0.25) is 82.1 Å². The van der Waals surface area contributed by atoms with Crippen molar-refractivity contribution in [3.05, 3.63) is 138 Å². The summed E-state index contributed by atoms with van der Waals surface area (Å²) >= 11 is 0. The summed E-state index contributed by atoms with van der Waals surface area (Å²) in [5.74, 6) is -20.1. The Hall–Kier alpha value is -13.1. The van der Waals surface area contributed by atoms with Gasteiger partial charge in [0.25, 0.3) is 0 Å². The minimum atomic E-state index is -2.08. The molecule has 14 atom stereocenters. The van der Waals surface area contributed by atoms with Crippen LogP contribution in [0.1, 0.15) is 102 Å². The zero-order valence-electron chi connectivity index (χ0n) is 68.5. The molecule has 660 valence electrons. The van der Waals surface area contributed by atoms with Gasteiger partial charge in [0.15, 0.2) is 5.96 Å². The van der Waals surface area contributed by atoms with Gasteiger partial charge in [0.1, 0.15) is 72.5 Å². The largest absolute Gasteiger partial charge is 0.481 e. The predicted octanol–water partition coefficient (Wildman–Crippen LogP) is -2.28. The summed E-state index contributed by atoms with van der Waals surface area (Å²) in [6.45, 7) is 7.84. The number of fused-ring (bicyclic) bond motifs is 3. The van der Waals surface area contributed by atoms with Gasteiger partial charge in [-0.2, -0.15) is 0 Å². The molecule has 0 bridgehead atoms. The van der Waals surface area contributed by atoms with E-state index in [1.165, 1.54) is 39.5 Å². The van der Waals surface area contributed by atoms with Gasteiger partial charge in [-0.1, -0.05) is 135 Å². The van der Waals surface area contributed by atoms with Gasteiger partial charge in [0.2, 0.25) is 88.6 Å². The van der Waals surface area contributed by atoms with Crippen molar-refractivity contribution in [1.29, 1.82) is 5.41 Å². The third-order valence-electron chi connectivity index (χ3n) is 20.4. The number of carboxylic acids is 1. The van der Waals surface area contributed by atoms with Crippen molar-refractivity contribution in [3.63, 3.8) is 0 Å². The number of nitrogens with zero attached hydrogens (tertiary/aromatic N) is 1. The van der Waals surface area contributed by atoms with Crippen molar-refractivity contribution in [1.82, 2.24) is 94.4 Å². The lowest BCUT2D eigenvalue weighted by atomic mass is 9.97. The normalized spacial score (nSPS) is 21.8. The van der Waals surface area contributed by atoms with Crippen molar-refractivity contribution in [3.8, 4) is 0 Å². The topological polar surface area (TPSA) is 644 Å². The van der Waals surface area contributed by atoms with Gasteiger partial charge >= 0.3 is 5.97 Å². The third-order valence-corrected chi connectivity index (χ3v) is 22.8. The molecule has 123 heavy (non-hydrogen) atoms. The Kier molecular flexibility index (Phi) is 35.7. The van der Waals surface area contributed by atoms with Crippen LogP contribution in [0.2, 0.25) is 0 Å². The molecule has 42 heteroatoms. The number of aliphatic carboxylic acids is 1. The van der Waals surface area contributed by atoms with Crippen LogP contribution >= 0.6 is 21.6 Å². The monoisotopic (exact) mass is 1740 g/mol. The lowest BCUT2D eigenvalue weighted by Gasteiger charge is -2.29. The number of nitrogens with one attached hydrogen (secondary N) is 18. The minimum absolute atomic E-state index is 0.0204. The number of hydrogen-bond donors (Lipinski definition) is 23. The maximum Gasteiger partial charge on any atom is 0.305 e. The number of hydrogen-bond acceptors (Lipinski definition) is 21. The number of amides is 15. The van der Waals surface area contributed by atoms with Crippen LogP contribution in [-0.4, -0.2) is 234 Å². The molecule has 4 aromatic carbocycles. The molecule has 8 rings (SSSR count). The van der Waals surface area contributed by atoms with E-state index in [2.05, 4.69) is 94.4 Å². The molecule has 0 saturated carbocycles. The van der Waals surface area contributed by atoms with Gasteiger partial charge < -0.3 is 117 Å². The first kappa shape index (κ1) is 95.4. The highest BCUT2D eigenvalue weighted by Gasteiger charge is 2.40. The Balaban J connectivity index is 1.24. The van der Waals surface area contributed by atoms with Gasteiger partial charge in [-0.25, -0.2) is 4.98 Å². The van der Waals surface area contributed by atoms with Gasteiger partial charge in [0, 0.05) is 103 Å². The van der Waals surface area contributed by atoms with E-state index >= 15 is 28.8 Å². The Morgan fingerprint density at radius 2 is 1.08 bits per heavy atom. The molecular formula is C81H106N22O18S2. The zero-order chi connectivity index (χ0) is 89.7. The number of aromatic nitrogens is 4. The number of primary amides is 2. The number of imidazole rings is 1. The van der Waals surface area contributed by atoms with Crippen LogP contribution in [0.3, 0.4) is 0 Å². The number of aromatic amines is 3. The predicted molar refractivity (Wildman–Crippen MR) is 456 cm³/mol. The maximum absolute atomic E-state index is 15.3. The average Bonchev–Trinajstić information content (AvgIpc) is 1.16. The molecule has 4 heterocycles. The Labute approximate surface area is 714 Å². The van der Waals surface area contributed by atoms with Crippen molar-refractivity contribution in [2.24, 2.45) is 29.0 Å². The number of nitrogens with two attached hydrogens (primary N) is 3. The second kappa shape index (κ2) is 46.1. The highest BCUT2D eigenvalue weighted by Crippen LogP contribution is 2.27. The summed E-state index contributed by atoms with van der Waals surface area (Å²) < 4.78 is 0. The van der Waals surface area contributed by atoms with Gasteiger partial charge in [-0.15, -0.1) is 0 Å². The summed E-state index contributed by atoms with van der Waals surface area (Å²) in [5.41, 5.74) is 19.7. The Bertz CT molecular complexity index is 4980. The van der Waals surface area contributed by atoms with Crippen LogP contribution in [-0.2, 0) is 102 Å². The molecule has 0 aliphatic carbocycles. The summed E-state index contributed by atoms with van der Waals surface area (Å²) in [4.78, 5) is 243. The third kappa shape index (κ3) is 28.5. The quantitative estimate of drug-likeness (QED) is 0.0112. The molecule has 7 aromatic rings. The summed E-state index contributed by atoms with van der Waals surface area (Å²) in [6, 6.07) is 5.73. The van der Waals surface area contributed by atoms with E-state index in [-0.39, 0.29) is 50.8 Å². The van der Waals surface area contributed by atoms with Crippen LogP contribution in [0.15, 0.2) is 116 Å². The number of carbonyl (C=O) groups excluding carboxylic acids is 15. The fraction of sp³-hybridized carbons (Fsp3) is 0.432. The first-order valence-corrected chi connectivity index (χ1v) is 42.3. The first-order chi connectivity index (χ1) is 58.6. The van der Waals surface area contributed by atoms with Crippen molar-refractivity contribution in [2.75, 3.05) is 24.6 Å². The number of aliphatic hydroxyl groups excluding tert-OH is 1. The van der Waals surface area contributed by atoms with Crippen LogP contribution in [0.5, 0.6) is 0 Å². The number of aliphatic hydroxyl groups is 1. The lowest BCUT2D eigenvalue weighted by molar-refractivity contribution is -0.141. The second-order valence-corrected chi connectivity index (χ2v) is 32.7. The van der Waals surface area contributed by atoms with E-state index in [0.717, 1.165) is 33.9 Å². The number of benzene rings is 4. The molecule has 26 N–H and O–H groups in total. The Morgan fingerprint density at radius 1 is 0.561 bits per heavy atom. The molecule has 1 saturated heterocycles. The molecule has 1 aliphatic heterocycles. The van der Waals surface area contributed by atoms with Crippen LogP contribution < -0.4 is 91.6 Å². The number of rotatable bonds is 27. The first-order valence-electron chi connectivity index (χ1n) is 39.8. The van der Waals surface area contributed by atoms with Gasteiger partial charge in [0.05, 0.1) is 25.4 Å². The molecule has 0 unspecified atom stereocenters. The molecule has 1 aliphatic rings. The Morgan fingerprint density at radius 3 is 1.65 bits per heavy atom. The molecule has 1 fully saturated rings. The number of H-pyrrole nitrogens is 3. The van der Waals surface area contributed by atoms with Crippen LogP contribution in [0.25, 0.3) is 32.6 Å². The molecular weight excluding hydrogens is 1630 g/mol. The smallest absolute Gasteiger partial charge is 0.305 e. The minimum Gasteiger partial charge on any atom is -0.481 e. The van der Waals surface area contributed by atoms with E-state index in [9.17, 15) is 58.2 Å². The molecule has 3 aromatic heterocycles. The molecule has 0 radical (unpaired) electrons. The van der Waals surface area contributed by atoms with E-state index in [0.29, 0.717) is 50.3 Å². The lowest BCUT2D eigenvalue weighted by Crippen LogP contribution is -2.61. The molecule has 40 nitrogen and oxygen atoms in total. The zero-order valence-corrected chi connectivity index (χ0v) is 70.1. The summed E-state index contributed by atoms with van der Waals surface area (Å²) in [7, 11) is 1.64. The van der Waals surface area contributed by atoms with Crippen molar-refractivity contribution < 1.29 is 86.9 Å². The SMILES string of the molecule is CC[C@H](C)[C@H](NC(C)=O)C(=O)N[C@H]1CSSC[C@@H](C(=O)N[C@H](C(N)=O)[C@@H](C)O)NC(=O)[C@H](CCCNC(=N)N)NC(=O)[C@H](Cc2cnc[nH]2)NC(=O)[C@H](Cc2cccc3ccccc23)NC(=O)CNC(=O)[C@H](Cc2c[nH]c3ccccc23)NC(=O)[C@H](CC(=O)O)NC(=O)[C@H](CCC(N)=O)NC(=O)[C@H](Cc2c[nH]c3ccccc23)NC(=O)[C@H](C(C)C)NC1=O. The van der Waals surface area contributed by atoms with Crippen LogP contribution in [0.4, 0.5) is 0 Å². The average molecular weight is 1740 g/mol. The standard InChI is InChI=1S/C81H106N22O18S2/c1-7-41(4)67(92-43(6)105)80(121)101-62-38-123-122-37-61(78(119)103-68(42(5)104)69(83)110)100-71(112)54(24-15-27-87-81(84)85)94-75(116)59(31-48-35-86-39-91-48)97-73(114)57(28-45-18-14-17-44-16-8-9-19-49(44)45)93-64(107)36-90-70(111)56(29-46-33-88-52-22-12-10-20-50(46)52)96-76(117)60(32-65(108)109)98-72(113)55(25-26-63(82)106)95-74(115)58(99-79(120)66(40(2)3)102-77(62)118)30-47-34-89-53-23-13-11-21-51(47)53/h8-14,16-23,33-35,39-42,54-62,66-68,88-89,104H,7,15,24-32,36-38H2,1-6H3,(H2,82,106)(H2,83,110)(H,86,91)(H,90,111)(H,92,105)(H,93,107)(H,94,116)(H,95,115)(H,96,117)(H,97,114)(H,98,113)(H,99,120)(H,100,112)(H,101,121)(H,102,118)(H,103,119)(H,108,109)(H4,84,85,87)/t41-,42+,54-,55-,56-,57-,58-,59-,60-,61-,62-,66-,67-,68-/m0/s1. The maximum atomic E-state index is 15.3. The number of guanidine groups is 1. The van der Waals surface area contributed by atoms with E-state index in [4.69, 9.17) is 22.6 Å².